The topological polar surface area (TPSA) is 42.4 Å². The second-order valence-electron chi connectivity index (χ2n) is 3.52. The molecule has 0 saturated heterocycles. The third kappa shape index (κ3) is 4.70. The van der Waals surface area contributed by atoms with Crippen molar-refractivity contribution in [2.24, 2.45) is 0 Å². The highest BCUT2D eigenvalue weighted by Gasteiger charge is 2.00. The Morgan fingerprint density at radius 1 is 1.28 bits per heavy atom. The molecule has 1 N–H and O–H groups in total. The number of hydrogen-bond donors (Lipinski definition) is 1. The molecule has 0 amide bonds. The Kier molecular flexibility index (Phi) is 6.04. The molecule has 0 fully saturated rings. The molecule has 2 aromatic rings. The first kappa shape index (κ1) is 13.8. The molecule has 18 heavy (non-hydrogen) atoms. The Labute approximate surface area is 107 Å². The maximum absolute atomic E-state index is 9.25. The predicted octanol–water partition coefficient (Wildman–Crippen LogP) is 3.21. The standard InChI is InChI=1S/C10H12O2.C5H5N/c1-3-4-8-5-6-9(11)10(7-8)12-2;1-2-4-6-5-3-1/h3,5-7,11H,1,4H2,2H3;1-5H. The van der Waals surface area contributed by atoms with Crippen LogP contribution >= 0.6 is 0 Å². The fourth-order valence-corrected chi connectivity index (χ4v) is 1.33. The third-order valence-electron chi connectivity index (χ3n) is 2.19. The van der Waals surface area contributed by atoms with Gasteiger partial charge in [-0.3, -0.25) is 4.98 Å². The van der Waals surface area contributed by atoms with Crippen LogP contribution in [0.15, 0.2) is 61.4 Å². The number of benzene rings is 1. The highest BCUT2D eigenvalue weighted by Crippen LogP contribution is 2.26. The molecule has 0 aliphatic rings. The number of phenols is 1. The zero-order chi connectivity index (χ0) is 13.2. The van der Waals surface area contributed by atoms with Gasteiger partial charge in [0.05, 0.1) is 7.11 Å². The number of phenolic OH excluding ortho intramolecular Hbond substituents is 1. The molecule has 1 aromatic carbocycles. The van der Waals surface area contributed by atoms with E-state index in [1.807, 2.05) is 30.3 Å². The van der Waals surface area contributed by atoms with E-state index < -0.39 is 0 Å². The molecule has 0 bridgehead atoms. The van der Waals surface area contributed by atoms with Crippen LogP contribution in [-0.4, -0.2) is 17.2 Å². The van der Waals surface area contributed by atoms with Crippen molar-refractivity contribution in [1.82, 2.24) is 4.98 Å². The lowest BCUT2D eigenvalue weighted by Gasteiger charge is -2.04. The largest absolute Gasteiger partial charge is 0.504 e. The summed E-state index contributed by atoms with van der Waals surface area (Å²) in [5.41, 5.74) is 1.08. The molecule has 0 radical (unpaired) electrons. The van der Waals surface area contributed by atoms with Crippen molar-refractivity contribution in [3.8, 4) is 11.5 Å². The van der Waals surface area contributed by atoms with E-state index in [1.54, 1.807) is 24.5 Å². The number of hydrogen-bond acceptors (Lipinski definition) is 3. The van der Waals surface area contributed by atoms with Crippen LogP contribution < -0.4 is 4.74 Å². The average Bonchev–Trinajstić information content (AvgIpc) is 2.44. The summed E-state index contributed by atoms with van der Waals surface area (Å²) in [7, 11) is 1.53. The summed E-state index contributed by atoms with van der Waals surface area (Å²) in [6.07, 6.45) is 6.10. The molecular formula is C15H17NO2. The van der Waals surface area contributed by atoms with Crippen molar-refractivity contribution >= 4 is 0 Å². The Morgan fingerprint density at radius 3 is 2.44 bits per heavy atom. The summed E-state index contributed by atoms with van der Waals surface area (Å²) in [5, 5.41) is 9.25. The minimum absolute atomic E-state index is 0.172. The molecule has 0 aliphatic heterocycles. The molecule has 3 nitrogen and oxygen atoms in total. The van der Waals surface area contributed by atoms with Gasteiger partial charge in [-0.25, -0.2) is 0 Å². The van der Waals surface area contributed by atoms with Gasteiger partial charge >= 0.3 is 0 Å². The summed E-state index contributed by atoms with van der Waals surface area (Å²) >= 11 is 0. The smallest absolute Gasteiger partial charge is 0.160 e. The van der Waals surface area contributed by atoms with Crippen LogP contribution in [0.25, 0.3) is 0 Å². The van der Waals surface area contributed by atoms with Crippen LogP contribution in [0.2, 0.25) is 0 Å². The average molecular weight is 243 g/mol. The van der Waals surface area contributed by atoms with Gasteiger partial charge in [-0.05, 0) is 36.2 Å². The Morgan fingerprint density at radius 2 is 2.00 bits per heavy atom. The van der Waals surface area contributed by atoms with Gasteiger partial charge in [-0.2, -0.15) is 0 Å². The zero-order valence-electron chi connectivity index (χ0n) is 10.4. The summed E-state index contributed by atoms with van der Waals surface area (Å²) in [5.74, 6) is 0.680. The molecule has 0 spiro atoms. The molecule has 1 heterocycles. The molecule has 94 valence electrons. The Bertz CT molecular complexity index is 442. The van der Waals surface area contributed by atoms with Gasteiger partial charge in [-0.1, -0.05) is 18.2 Å². The van der Waals surface area contributed by atoms with Crippen LogP contribution in [0.3, 0.4) is 0 Å². The van der Waals surface area contributed by atoms with Crippen molar-refractivity contribution in [2.45, 2.75) is 6.42 Å². The molecule has 0 saturated carbocycles. The number of ether oxygens (including phenoxy) is 1. The fourth-order valence-electron chi connectivity index (χ4n) is 1.33. The van der Waals surface area contributed by atoms with E-state index in [9.17, 15) is 5.11 Å². The number of nitrogens with zero attached hydrogens (tertiary/aromatic N) is 1. The molecule has 0 unspecified atom stereocenters. The van der Waals surface area contributed by atoms with E-state index in [0.717, 1.165) is 12.0 Å². The molecular weight excluding hydrogens is 226 g/mol. The minimum atomic E-state index is 0.172. The van der Waals surface area contributed by atoms with E-state index in [2.05, 4.69) is 11.6 Å². The first-order chi connectivity index (χ1) is 8.77. The quantitative estimate of drug-likeness (QED) is 0.842. The van der Waals surface area contributed by atoms with Crippen LogP contribution in [0.4, 0.5) is 0 Å². The van der Waals surface area contributed by atoms with Crippen molar-refractivity contribution < 1.29 is 9.84 Å². The first-order valence-corrected chi connectivity index (χ1v) is 5.59. The van der Waals surface area contributed by atoms with E-state index >= 15 is 0 Å². The number of aromatic nitrogens is 1. The lowest BCUT2D eigenvalue weighted by atomic mass is 10.1. The van der Waals surface area contributed by atoms with E-state index in [0.29, 0.717) is 5.75 Å². The third-order valence-corrected chi connectivity index (χ3v) is 2.19. The van der Waals surface area contributed by atoms with Gasteiger partial charge in [0.25, 0.3) is 0 Å². The summed E-state index contributed by atoms with van der Waals surface area (Å²) in [4.78, 5) is 3.78. The van der Waals surface area contributed by atoms with Crippen molar-refractivity contribution in [2.75, 3.05) is 7.11 Å². The van der Waals surface area contributed by atoms with Crippen molar-refractivity contribution in [3.05, 3.63) is 67.0 Å². The maximum atomic E-state index is 9.25. The number of pyridine rings is 1. The summed E-state index contributed by atoms with van der Waals surface area (Å²) in [6.45, 7) is 3.63. The Hall–Kier alpha value is -2.29. The van der Waals surface area contributed by atoms with Crippen LogP contribution in [0.1, 0.15) is 5.56 Å². The summed E-state index contributed by atoms with van der Waals surface area (Å²) in [6, 6.07) is 11.0. The van der Waals surface area contributed by atoms with Gasteiger partial charge in [-0.15, -0.1) is 6.58 Å². The normalized spacial score (nSPS) is 8.94. The van der Waals surface area contributed by atoms with Crippen LogP contribution in [-0.2, 0) is 6.42 Å². The second-order valence-corrected chi connectivity index (χ2v) is 3.52. The summed E-state index contributed by atoms with van der Waals surface area (Å²) < 4.78 is 4.95. The lowest BCUT2D eigenvalue weighted by Crippen LogP contribution is -1.86. The van der Waals surface area contributed by atoms with Gasteiger partial charge in [0.1, 0.15) is 0 Å². The zero-order valence-corrected chi connectivity index (χ0v) is 10.4. The van der Waals surface area contributed by atoms with E-state index in [1.165, 1.54) is 7.11 Å². The van der Waals surface area contributed by atoms with E-state index in [4.69, 9.17) is 4.74 Å². The highest BCUT2D eigenvalue weighted by molar-refractivity contribution is 5.42. The maximum Gasteiger partial charge on any atom is 0.160 e. The molecule has 0 atom stereocenters. The van der Waals surface area contributed by atoms with Crippen molar-refractivity contribution in [1.29, 1.82) is 0 Å². The first-order valence-electron chi connectivity index (χ1n) is 5.59. The van der Waals surface area contributed by atoms with Gasteiger partial charge in [0, 0.05) is 12.4 Å². The number of allylic oxidation sites excluding steroid dienone is 1. The number of rotatable bonds is 3. The highest BCUT2D eigenvalue weighted by atomic mass is 16.5. The fraction of sp³-hybridized carbons (Fsp3) is 0.133. The van der Waals surface area contributed by atoms with Crippen LogP contribution in [0.5, 0.6) is 11.5 Å². The van der Waals surface area contributed by atoms with Gasteiger partial charge in [0.2, 0.25) is 0 Å². The SMILES string of the molecule is C=CCc1ccc(O)c(OC)c1.c1ccncc1. The molecule has 2 rings (SSSR count). The molecule has 3 heteroatoms. The van der Waals surface area contributed by atoms with Gasteiger partial charge in [0.15, 0.2) is 11.5 Å². The number of methoxy groups -OCH3 is 1. The van der Waals surface area contributed by atoms with Crippen molar-refractivity contribution in [3.63, 3.8) is 0 Å². The minimum Gasteiger partial charge on any atom is -0.504 e. The lowest BCUT2D eigenvalue weighted by molar-refractivity contribution is 0.373. The molecule has 1 aromatic heterocycles. The predicted molar refractivity (Wildman–Crippen MR) is 72.8 cm³/mol. The second kappa shape index (κ2) is 7.90. The molecule has 0 aliphatic carbocycles. The Balaban J connectivity index is 0.000000225. The van der Waals surface area contributed by atoms with Gasteiger partial charge < -0.3 is 9.84 Å². The monoisotopic (exact) mass is 243 g/mol. The number of aromatic hydroxyl groups is 1. The van der Waals surface area contributed by atoms with Crippen LogP contribution in [0, 0.1) is 0 Å². The van der Waals surface area contributed by atoms with E-state index in [-0.39, 0.29) is 5.75 Å².